The summed E-state index contributed by atoms with van der Waals surface area (Å²) in [5.74, 6) is -4.72. The first kappa shape index (κ1) is 52.6. The summed E-state index contributed by atoms with van der Waals surface area (Å²) >= 11 is 0. The van der Waals surface area contributed by atoms with Gasteiger partial charge in [0.1, 0.15) is 0 Å². The van der Waals surface area contributed by atoms with E-state index >= 15 is 0 Å². The fraction of sp³-hybridized carbons (Fsp3) is 0.200. The number of carbonyl (C=O) groups is 4. The van der Waals surface area contributed by atoms with E-state index in [4.69, 9.17) is 0 Å². The van der Waals surface area contributed by atoms with Crippen LogP contribution in [0.3, 0.4) is 0 Å². The zero-order valence-electron chi connectivity index (χ0n) is 30.2. The Kier molecular flexibility index (Phi) is 33.7. The maximum atomic E-state index is 10.5. The second-order valence-electron chi connectivity index (χ2n) is 10.4. The predicted molar refractivity (Wildman–Crippen MR) is 196 cm³/mol. The van der Waals surface area contributed by atoms with Crippen LogP contribution in [0.15, 0.2) is 166 Å². The third kappa shape index (κ3) is 32.3. The first-order chi connectivity index (χ1) is 22.5. The molecule has 0 aliphatic rings. The quantitative estimate of drug-likeness (QED) is 0.135. The average molecular weight is 701 g/mol. The van der Waals surface area contributed by atoms with E-state index in [1.165, 1.54) is 52.0 Å². The van der Waals surface area contributed by atoms with Crippen molar-refractivity contribution in [2.75, 3.05) is 0 Å². The van der Waals surface area contributed by atoms with Gasteiger partial charge < -0.3 is 39.6 Å². The van der Waals surface area contributed by atoms with Gasteiger partial charge >= 0.3 is 46.1 Å². The van der Waals surface area contributed by atoms with Crippen molar-refractivity contribution in [3.05, 3.63) is 166 Å². The molecule has 8 nitrogen and oxygen atoms in total. The minimum absolute atomic E-state index is 0. The number of hydrogen-bond acceptors (Lipinski definition) is 8. The van der Waals surface area contributed by atoms with Gasteiger partial charge in [-0.25, -0.2) is 0 Å². The van der Waals surface area contributed by atoms with Crippen molar-refractivity contribution in [2.24, 2.45) is 0 Å². The van der Waals surface area contributed by atoms with Gasteiger partial charge in [0.25, 0.3) is 0 Å². The van der Waals surface area contributed by atoms with Crippen molar-refractivity contribution in [1.82, 2.24) is 0 Å². The molecule has 0 aliphatic heterocycles. The SMILES string of the molecule is CC(/C=C/C=C(\C)C(=O)[O-])=C\C=C\C=C(C)\C=C\C=C(/C)C(=O)[O-].CC(/C=C/C=C(\C)C(=O)[O-])=C\C=C\C=C(C)\C=C\C=C(/C)C(=O)[O-].[Mg+2].[Mg+2]. The molecule has 0 N–H and O–H groups in total. The molecule has 0 atom stereocenters. The summed E-state index contributed by atoms with van der Waals surface area (Å²) < 4.78 is 0. The molecule has 0 bridgehead atoms. The molecular weight excluding hydrogens is 657 g/mol. The molecule has 50 heavy (non-hydrogen) atoms. The summed E-state index contributed by atoms with van der Waals surface area (Å²) in [5.41, 5.74) is 4.52. The predicted octanol–water partition coefficient (Wildman–Crippen LogP) is 3.12. The molecule has 0 fully saturated rings. The first-order valence-corrected chi connectivity index (χ1v) is 14.8. The molecule has 0 aromatic rings. The normalized spacial score (nSPS) is 14.4. The molecule has 0 aromatic carbocycles. The molecule has 0 saturated heterocycles. The summed E-state index contributed by atoms with van der Waals surface area (Å²) in [6, 6.07) is 0. The van der Waals surface area contributed by atoms with Crippen molar-refractivity contribution in [2.45, 2.75) is 55.4 Å². The van der Waals surface area contributed by atoms with E-state index in [2.05, 4.69) is 0 Å². The van der Waals surface area contributed by atoms with Crippen LogP contribution in [-0.4, -0.2) is 70.0 Å². The fourth-order valence-corrected chi connectivity index (χ4v) is 2.70. The Hall–Kier alpha value is -4.23. The Morgan fingerprint density at radius 2 is 0.460 bits per heavy atom. The van der Waals surface area contributed by atoms with Gasteiger partial charge in [0.15, 0.2) is 0 Å². The topological polar surface area (TPSA) is 161 Å². The van der Waals surface area contributed by atoms with Crippen LogP contribution in [0.1, 0.15) is 55.4 Å². The molecular formula is C40H44Mg2O8. The van der Waals surface area contributed by atoms with Crippen LogP contribution in [0.5, 0.6) is 0 Å². The Morgan fingerprint density at radius 3 is 0.600 bits per heavy atom. The minimum atomic E-state index is -1.18. The maximum Gasteiger partial charge on any atom is 2.00 e. The number of aliphatic carboxylic acids is 4. The van der Waals surface area contributed by atoms with Crippen molar-refractivity contribution in [1.29, 1.82) is 0 Å². The Morgan fingerprint density at radius 1 is 0.300 bits per heavy atom. The number of rotatable bonds is 16. The van der Waals surface area contributed by atoms with Gasteiger partial charge in [0.05, 0.1) is 23.9 Å². The average Bonchev–Trinajstić information content (AvgIpc) is 3.01. The molecule has 0 unspecified atom stereocenters. The van der Waals surface area contributed by atoms with Crippen LogP contribution < -0.4 is 20.4 Å². The summed E-state index contributed by atoms with van der Waals surface area (Å²) in [6.07, 6.45) is 34.6. The third-order valence-corrected chi connectivity index (χ3v) is 5.77. The second-order valence-corrected chi connectivity index (χ2v) is 10.4. The van der Waals surface area contributed by atoms with Crippen LogP contribution in [0.4, 0.5) is 0 Å². The Bertz CT molecular complexity index is 1350. The number of allylic oxidation sites excluding steroid dienone is 24. The Balaban J connectivity index is -0.000000407. The maximum absolute atomic E-state index is 10.5. The van der Waals surface area contributed by atoms with E-state index in [9.17, 15) is 39.6 Å². The second kappa shape index (κ2) is 32.0. The molecule has 0 aromatic heterocycles. The van der Waals surface area contributed by atoms with Gasteiger partial charge in [0.2, 0.25) is 0 Å². The van der Waals surface area contributed by atoms with Crippen LogP contribution in [-0.2, 0) is 19.2 Å². The molecule has 0 heterocycles. The van der Waals surface area contributed by atoms with Crippen molar-refractivity contribution < 1.29 is 39.6 Å². The molecule has 0 radical (unpaired) electrons. The van der Waals surface area contributed by atoms with Crippen LogP contribution in [0.2, 0.25) is 0 Å². The van der Waals surface area contributed by atoms with Gasteiger partial charge in [-0.3, -0.25) is 0 Å². The number of carbonyl (C=O) groups excluding carboxylic acids is 4. The number of carboxylic acid groups (broad SMARTS) is 4. The fourth-order valence-electron chi connectivity index (χ4n) is 2.70. The summed E-state index contributed by atoms with van der Waals surface area (Å²) in [6.45, 7) is 13.5. The van der Waals surface area contributed by atoms with Gasteiger partial charge in [-0.1, -0.05) is 144 Å². The smallest absolute Gasteiger partial charge is 0.545 e. The first-order valence-electron chi connectivity index (χ1n) is 14.8. The monoisotopic (exact) mass is 700 g/mol. The van der Waals surface area contributed by atoms with Crippen LogP contribution in [0.25, 0.3) is 0 Å². The largest absolute Gasteiger partial charge is 2.00 e. The molecule has 0 spiro atoms. The van der Waals surface area contributed by atoms with Gasteiger partial charge in [0, 0.05) is 0 Å². The van der Waals surface area contributed by atoms with Crippen molar-refractivity contribution in [3.8, 4) is 0 Å². The van der Waals surface area contributed by atoms with Crippen LogP contribution in [0, 0.1) is 0 Å². The molecule has 0 amide bonds. The van der Waals surface area contributed by atoms with E-state index in [1.807, 2.05) is 76.3 Å². The molecule has 0 aliphatic carbocycles. The van der Waals surface area contributed by atoms with Crippen molar-refractivity contribution in [3.63, 3.8) is 0 Å². The minimum Gasteiger partial charge on any atom is -0.545 e. The van der Waals surface area contributed by atoms with E-state index in [0.29, 0.717) is 0 Å². The summed E-state index contributed by atoms with van der Waals surface area (Å²) in [5, 5.41) is 42.0. The van der Waals surface area contributed by atoms with Gasteiger partial charge in [-0.15, -0.1) is 0 Å². The zero-order chi connectivity index (χ0) is 37.1. The molecule has 256 valence electrons. The van der Waals surface area contributed by atoms with Gasteiger partial charge in [-0.05, 0) is 77.7 Å². The molecule has 0 saturated carbocycles. The Labute approximate surface area is 329 Å². The summed E-state index contributed by atoms with van der Waals surface area (Å²) in [7, 11) is 0. The number of carboxylic acids is 4. The number of hydrogen-bond donors (Lipinski definition) is 0. The van der Waals surface area contributed by atoms with E-state index < -0.39 is 23.9 Å². The van der Waals surface area contributed by atoms with E-state index in [-0.39, 0.29) is 68.4 Å². The third-order valence-electron chi connectivity index (χ3n) is 5.77. The zero-order valence-corrected chi connectivity index (χ0v) is 33.1. The summed E-state index contributed by atoms with van der Waals surface area (Å²) in [4.78, 5) is 42.0. The standard InChI is InChI=1S/2C20H24O4.2Mg/c2*1-15(11-7-13-17(3)19(21)22)9-5-6-10-16(2)12-8-14-18(4)20(23)24;;/h2*5-14H,1-4H3,(H,21,22)(H,23,24);;/q;;2*+2/p-4/b2*6-5+,11-7+,12-8+,15-9+,16-10+,17-13+,18-14+;;. The van der Waals surface area contributed by atoms with Crippen molar-refractivity contribution >= 4 is 70.0 Å². The molecule has 0 rings (SSSR count). The van der Waals surface area contributed by atoms with E-state index in [1.54, 1.807) is 48.6 Å². The van der Waals surface area contributed by atoms with Gasteiger partial charge in [-0.2, -0.15) is 0 Å². The van der Waals surface area contributed by atoms with Crippen LogP contribution >= 0.6 is 0 Å². The van der Waals surface area contributed by atoms with E-state index in [0.717, 1.165) is 22.3 Å². The molecule has 10 heteroatoms.